The summed E-state index contributed by atoms with van der Waals surface area (Å²) in [6, 6.07) is 3.64. The van der Waals surface area contributed by atoms with Gasteiger partial charge in [0.25, 0.3) is 0 Å². The van der Waals surface area contributed by atoms with E-state index in [1.54, 1.807) is 12.3 Å². The summed E-state index contributed by atoms with van der Waals surface area (Å²) in [4.78, 5) is 4.00. The molecular formula is C10H14ClN3. The molecule has 1 unspecified atom stereocenters. The second-order valence-corrected chi connectivity index (χ2v) is 3.69. The molecule has 76 valence electrons. The maximum absolute atomic E-state index is 5.69. The van der Waals surface area contributed by atoms with Crippen LogP contribution < -0.4 is 11.3 Å². The van der Waals surface area contributed by atoms with Gasteiger partial charge in [-0.2, -0.15) is 0 Å². The Morgan fingerprint density at radius 2 is 2.29 bits per heavy atom. The van der Waals surface area contributed by atoms with Crippen LogP contribution in [0.5, 0.6) is 0 Å². The maximum atomic E-state index is 5.69. The fourth-order valence-corrected chi connectivity index (χ4v) is 1.26. The molecule has 3 N–H and O–H groups in total. The van der Waals surface area contributed by atoms with Gasteiger partial charge in [-0.1, -0.05) is 29.3 Å². The SMILES string of the molecule is CC(C)=CC(NN)c1ccc(Cl)nc1. The van der Waals surface area contributed by atoms with Gasteiger partial charge in [0.15, 0.2) is 0 Å². The Balaban J connectivity index is 2.90. The van der Waals surface area contributed by atoms with Gasteiger partial charge < -0.3 is 0 Å². The molecule has 1 rings (SSSR count). The highest BCUT2D eigenvalue weighted by Crippen LogP contribution is 2.15. The summed E-state index contributed by atoms with van der Waals surface area (Å²) >= 11 is 5.69. The first-order chi connectivity index (χ1) is 6.63. The van der Waals surface area contributed by atoms with Crippen molar-refractivity contribution >= 4 is 11.6 Å². The summed E-state index contributed by atoms with van der Waals surface area (Å²) in [5.74, 6) is 5.44. The van der Waals surface area contributed by atoms with Crippen LogP contribution in [0.3, 0.4) is 0 Å². The number of aromatic nitrogens is 1. The van der Waals surface area contributed by atoms with Crippen LogP contribution in [0.2, 0.25) is 5.15 Å². The molecule has 0 radical (unpaired) electrons. The number of hydrogen-bond donors (Lipinski definition) is 2. The molecule has 0 amide bonds. The van der Waals surface area contributed by atoms with Crippen molar-refractivity contribution in [1.29, 1.82) is 0 Å². The molecule has 0 aliphatic carbocycles. The Morgan fingerprint density at radius 1 is 1.57 bits per heavy atom. The lowest BCUT2D eigenvalue weighted by Crippen LogP contribution is -2.26. The predicted molar refractivity (Wildman–Crippen MR) is 58.7 cm³/mol. The number of hydrazine groups is 1. The van der Waals surface area contributed by atoms with E-state index >= 15 is 0 Å². The second-order valence-electron chi connectivity index (χ2n) is 3.30. The number of nitrogens with zero attached hydrogens (tertiary/aromatic N) is 1. The molecule has 0 aromatic carbocycles. The van der Waals surface area contributed by atoms with Crippen LogP contribution in [0.15, 0.2) is 30.0 Å². The van der Waals surface area contributed by atoms with Crippen LogP contribution in [-0.2, 0) is 0 Å². The van der Waals surface area contributed by atoms with E-state index in [4.69, 9.17) is 17.4 Å². The summed E-state index contributed by atoms with van der Waals surface area (Å²) in [5.41, 5.74) is 4.91. The molecular weight excluding hydrogens is 198 g/mol. The van der Waals surface area contributed by atoms with Crippen LogP contribution >= 0.6 is 11.6 Å². The molecule has 1 atom stereocenters. The van der Waals surface area contributed by atoms with Crippen molar-refractivity contribution in [2.45, 2.75) is 19.9 Å². The van der Waals surface area contributed by atoms with Crippen LogP contribution in [0, 0.1) is 0 Å². The largest absolute Gasteiger partial charge is 0.271 e. The molecule has 0 saturated heterocycles. The molecule has 4 heteroatoms. The quantitative estimate of drug-likeness (QED) is 0.349. The van der Waals surface area contributed by atoms with Crippen molar-refractivity contribution in [3.05, 3.63) is 40.7 Å². The Morgan fingerprint density at radius 3 is 2.71 bits per heavy atom. The lowest BCUT2D eigenvalue weighted by atomic mass is 10.1. The zero-order valence-corrected chi connectivity index (χ0v) is 9.05. The Hall–Kier alpha value is -0.900. The van der Waals surface area contributed by atoms with Gasteiger partial charge in [0.1, 0.15) is 5.15 Å². The van der Waals surface area contributed by atoms with Gasteiger partial charge in [-0.05, 0) is 25.5 Å². The van der Waals surface area contributed by atoms with Crippen LogP contribution in [0.25, 0.3) is 0 Å². The van der Waals surface area contributed by atoms with Crippen molar-refractivity contribution in [2.24, 2.45) is 5.84 Å². The lowest BCUT2D eigenvalue weighted by molar-refractivity contribution is 0.649. The van der Waals surface area contributed by atoms with E-state index in [2.05, 4.69) is 10.4 Å². The van der Waals surface area contributed by atoms with Gasteiger partial charge in [0.2, 0.25) is 0 Å². The van der Waals surface area contributed by atoms with E-state index in [1.165, 1.54) is 5.57 Å². The number of nitrogens with one attached hydrogen (secondary N) is 1. The van der Waals surface area contributed by atoms with E-state index in [1.807, 2.05) is 26.0 Å². The second kappa shape index (κ2) is 5.10. The summed E-state index contributed by atoms with van der Waals surface area (Å²) in [6.45, 7) is 4.04. The third-order valence-corrected chi connectivity index (χ3v) is 2.01. The molecule has 1 aromatic rings. The van der Waals surface area contributed by atoms with Gasteiger partial charge in [-0.15, -0.1) is 0 Å². The van der Waals surface area contributed by atoms with E-state index in [0.717, 1.165) is 5.56 Å². The van der Waals surface area contributed by atoms with Gasteiger partial charge in [-0.3, -0.25) is 5.84 Å². The first-order valence-corrected chi connectivity index (χ1v) is 4.74. The highest BCUT2D eigenvalue weighted by Gasteiger charge is 2.05. The number of rotatable bonds is 3. The third-order valence-electron chi connectivity index (χ3n) is 1.79. The van der Waals surface area contributed by atoms with E-state index in [9.17, 15) is 0 Å². The van der Waals surface area contributed by atoms with E-state index < -0.39 is 0 Å². The zero-order valence-electron chi connectivity index (χ0n) is 8.29. The lowest BCUT2D eigenvalue weighted by Gasteiger charge is -2.12. The van der Waals surface area contributed by atoms with Gasteiger partial charge in [0.05, 0.1) is 6.04 Å². The number of allylic oxidation sites excluding steroid dienone is 1. The van der Waals surface area contributed by atoms with Crippen molar-refractivity contribution in [3.8, 4) is 0 Å². The minimum atomic E-state index is -0.00948. The Labute approximate surface area is 88.9 Å². The van der Waals surface area contributed by atoms with Crippen LogP contribution in [0.1, 0.15) is 25.5 Å². The Bertz CT molecular complexity index is 315. The molecule has 3 nitrogen and oxygen atoms in total. The zero-order chi connectivity index (χ0) is 10.6. The fraction of sp³-hybridized carbons (Fsp3) is 0.300. The van der Waals surface area contributed by atoms with Crippen molar-refractivity contribution in [3.63, 3.8) is 0 Å². The summed E-state index contributed by atoms with van der Waals surface area (Å²) in [5, 5.41) is 0.488. The summed E-state index contributed by atoms with van der Waals surface area (Å²) < 4.78 is 0. The van der Waals surface area contributed by atoms with Crippen molar-refractivity contribution in [1.82, 2.24) is 10.4 Å². The molecule has 1 heterocycles. The van der Waals surface area contributed by atoms with Gasteiger partial charge in [0, 0.05) is 6.20 Å². The normalized spacial score (nSPS) is 12.3. The number of pyridine rings is 1. The molecule has 14 heavy (non-hydrogen) atoms. The molecule has 0 aliphatic heterocycles. The maximum Gasteiger partial charge on any atom is 0.129 e. The molecule has 0 bridgehead atoms. The molecule has 0 fully saturated rings. The average molecular weight is 212 g/mol. The molecule has 0 spiro atoms. The summed E-state index contributed by atoms with van der Waals surface area (Å²) in [6.07, 6.45) is 3.75. The highest BCUT2D eigenvalue weighted by molar-refractivity contribution is 6.29. The third kappa shape index (κ3) is 3.10. The van der Waals surface area contributed by atoms with Crippen molar-refractivity contribution in [2.75, 3.05) is 0 Å². The number of hydrogen-bond acceptors (Lipinski definition) is 3. The van der Waals surface area contributed by atoms with Crippen LogP contribution in [0.4, 0.5) is 0 Å². The fourth-order valence-electron chi connectivity index (χ4n) is 1.15. The summed E-state index contributed by atoms with van der Waals surface area (Å²) in [7, 11) is 0. The minimum absolute atomic E-state index is 0.00948. The minimum Gasteiger partial charge on any atom is -0.271 e. The molecule has 0 aliphatic rings. The van der Waals surface area contributed by atoms with E-state index in [-0.39, 0.29) is 6.04 Å². The van der Waals surface area contributed by atoms with Crippen LogP contribution in [-0.4, -0.2) is 4.98 Å². The van der Waals surface area contributed by atoms with Gasteiger partial charge in [-0.25, -0.2) is 10.4 Å². The molecule has 1 aromatic heterocycles. The standard InChI is InChI=1S/C10H14ClN3/c1-7(2)5-9(14-12)8-3-4-10(11)13-6-8/h3-6,9,14H,12H2,1-2H3. The smallest absolute Gasteiger partial charge is 0.129 e. The first-order valence-electron chi connectivity index (χ1n) is 4.36. The highest BCUT2D eigenvalue weighted by atomic mass is 35.5. The topological polar surface area (TPSA) is 50.9 Å². The monoisotopic (exact) mass is 211 g/mol. The average Bonchev–Trinajstić information content (AvgIpc) is 2.15. The molecule has 0 saturated carbocycles. The van der Waals surface area contributed by atoms with Gasteiger partial charge >= 0.3 is 0 Å². The van der Waals surface area contributed by atoms with Crippen molar-refractivity contribution < 1.29 is 0 Å². The number of halogens is 1. The predicted octanol–water partition coefficient (Wildman–Crippen LogP) is 2.21. The Kier molecular flexibility index (Phi) is 4.07. The number of nitrogens with two attached hydrogens (primary N) is 1. The first kappa shape index (κ1) is 11.2. The van der Waals surface area contributed by atoms with E-state index in [0.29, 0.717) is 5.15 Å².